The standard InChI is InChI=1S/C20H23ClN2O2/c1-14-6-5-11-23(12-14)20(24)18-10-4-8-16(22-18)13-25-19-15(2)7-3-9-17(19)21/h3-4,7-10,14H,5-6,11-13H2,1-2H3. The van der Waals surface area contributed by atoms with Crippen molar-refractivity contribution in [3.05, 3.63) is 58.4 Å². The van der Waals surface area contributed by atoms with Gasteiger partial charge in [-0.25, -0.2) is 4.98 Å². The largest absolute Gasteiger partial charge is 0.485 e. The topological polar surface area (TPSA) is 42.4 Å². The van der Waals surface area contributed by atoms with Gasteiger partial charge in [0.25, 0.3) is 5.91 Å². The second kappa shape index (κ2) is 7.87. The smallest absolute Gasteiger partial charge is 0.272 e. The lowest BCUT2D eigenvalue weighted by molar-refractivity contribution is 0.0676. The van der Waals surface area contributed by atoms with E-state index in [1.165, 1.54) is 6.42 Å². The number of para-hydroxylation sites is 1. The fraction of sp³-hybridized carbons (Fsp3) is 0.400. The average molecular weight is 359 g/mol. The number of amides is 1. The molecule has 2 heterocycles. The summed E-state index contributed by atoms with van der Waals surface area (Å²) in [6.45, 7) is 6.03. The van der Waals surface area contributed by atoms with E-state index >= 15 is 0 Å². The quantitative estimate of drug-likeness (QED) is 0.808. The van der Waals surface area contributed by atoms with Crippen LogP contribution in [0.15, 0.2) is 36.4 Å². The minimum Gasteiger partial charge on any atom is -0.485 e. The number of benzene rings is 1. The van der Waals surface area contributed by atoms with E-state index in [0.29, 0.717) is 22.4 Å². The summed E-state index contributed by atoms with van der Waals surface area (Å²) in [6.07, 6.45) is 2.24. The second-order valence-electron chi connectivity index (χ2n) is 6.69. The Morgan fingerprint density at radius 3 is 2.88 bits per heavy atom. The summed E-state index contributed by atoms with van der Waals surface area (Å²) in [4.78, 5) is 19.1. The molecule has 0 radical (unpaired) electrons. The molecule has 1 fully saturated rings. The lowest BCUT2D eigenvalue weighted by Crippen LogP contribution is -2.39. The van der Waals surface area contributed by atoms with E-state index in [1.807, 2.05) is 36.1 Å². The number of aromatic nitrogens is 1. The van der Waals surface area contributed by atoms with Crippen LogP contribution in [0.25, 0.3) is 0 Å². The van der Waals surface area contributed by atoms with Gasteiger partial charge in [-0.3, -0.25) is 4.79 Å². The SMILES string of the molecule is Cc1cccc(Cl)c1OCc1cccc(C(=O)N2CCCC(C)C2)n1. The molecule has 1 aliphatic heterocycles. The van der Waals surface area contributed by atoms with Gasteiger partial charge in [0.15, 0.2) is 0 Å². The first-order valence-electron chi connectivity index (χ1n) is 8.67. The molecular weight excluding hydrogens is 336 g/mol. The van der Waals surface area contributed by atoms with Crippen LogP contribution in [0.1, 0.15) is 41.5 Å². The Labute approximate surface area is 153 Å². The van der Waals surface area contributed by atoms with Gasteiger partial charge in [0.05, 0.1) is 10.7 Å². The number of halogens is 1. The zero-order valence-corrected chi connectivity index (χ0v) is 15.4. The van der Waals surface area contributed by atoms with Gasteiger partial charge < -0.3 is 9.64 Å². The van der Waals surface area contributed by atoms with Crippen molar-refractivity contribution in [2.45, 2.75) is 33.3 Å². The predicted octanol–water partition coefficient (Wildman–Crippen LogP) is 4.49. The highest BCUT2D eigenvalue weighted by atomic mass is 35.5. The number of ether oxygens (including phenoxy) is 1. The van der Waals surface area contributed by atoms with Crippen molar-refractivity contribution in [3.8, 4) is 5.75 Å². The molecule has 1 aromatic carbocycles. The van der Waals surface area contributed by atoms with Crippen molar-refractivity contribution in [1.29, 1.82) is 0 Å². The van der Waals surface area contributed by atoms with Gasteiger partial charge >= 0.3 is 0 Å². The molecule has 2 aromatic rings. The Bertz CT molecular complexity index is 743. The Morgan fingerprint density at radius 1 is 1.32 bits per heavy atom. The van der Waals surface area contributed by atoms with Gasteiger partial charge in [-0.05, 0) is 49.4 Å². The van der Waals surface area contributed by atoms with Crippen LogP contribution in [-0.2, 0) is 6.61 Å². The van der Waals surface area contributed by atoms with Gasteiger partial charge in [-0.2, -0.15) is 0 Å². The van der Waals surface area contributed by atoms with Gasteiger partial charge in [0.2, 0.25) is 0 Å². The maximum atomic E-state index is 12.7. The Balaban J connectivity index is 1.70. The van der Waals surface area contributed by atoms with Gasteiger partial charge in [-0.1, -0.05) is 36.7 Å². The fourth-order valence-corrected chi connectivity index (χ4v) is 3.44. The minimum atomic E-state index is 0.00215. The molecule has 0 bridgehead atoms. The number of pyridine rings is 1. The molecule has 0 spiro atoms. The molecule has 0 aliphatic carbocycles. The summed E-state index contributed by atoms with van der Waals surface area (Å²) < 4.78 is 5.83. The number of rotatable bonds is 4. The van der Waals surface area contributed by atoms with Crippen molar-refractivity contribution < 1.29 is 9.53 Å². The van der Waals surface area contributed by atoms with Gasteiger partial charge in [-0.15, -0.1) is 0 Å². The first kappa shape index (κ1) is 17.7. The second-order valence-corrected chi connectivity index (χ2v) is 7.09. The molecule has 25 heavy (non-hydrogen) atoms. The molecule has 1 aliphatic rings. The molecule has 4 nitrogen and oxygen atoms in total. The maximum absolute atomic E-state index is 12.7. The molecule has 1 saturated heterocycles. The van der Waals surface area contributed by atoms with E-state index in [4.69, 9.17) is 16.3 Å². The Kier molecular flexibility index (Phi) is 5.59. The Morgan fingerprint density at radius 2 is 2.12 bits per heavy atom. The van der Waals surface area contributed by atoms with Crippen molar-refractivity contribution in [2.24, 2.45) is 5.92 Å². The van der Waals surface area contributed by atoms with Crippen LogP contribution in [0.3, 0.4) is 0 Å². The minimum absolute atomic E-state index is 0.00215. The summed E-state index contributed by atoms with van der Waals surface area (Å²) in [5.74, 6) is 1.21. The first-order chi connectivity index (χ1) is 12.0. The number of carbonyl (C=O) groups is 1. The van der Waals surface area contributed by atoms with Crippen LogP contribution in [0.4, 0.5) is 0 Å². The monoisotopic (exact) mass is 358 g/mol. The summed E-state index contributed by atoms with van der Waals surface area (Å²) in [5, 5.41) is 0.578. The molecule has 5 heteroatoms. The van der Waals surface area contributed by atoms with Crippen LogP contribution in [0, 0.1) is 12.8 Å². The van der Waals surface area contributed by atoms with Crippen molar-refractivity contribution in [3.63, 3.8) is 0 Å². The average Bonchev–Trinajstić information content (AvgIpc) is 2.61. The zero-order valence-electron chi connectivity index (χ0n) is 14.7. The van der Waals surface area contributed by atoms with Crippen molar-refractivity contribution in [2.75, 3.05) is 13.1 Å². The van der Waals surface area contributed by atoms with Gasteiger partial charge in [0.1, 0.15) is 18.1 Å². The third kappa shape index (κ3) is 4.31. The number of likely N-dealkylation sites (tertiary alicyclic amines) is 1. The van der Waals surface area contributed by atoms with Crippen molar-refractivity contribution in [1.82, 2.24) is 9.88 Å². The molecule has 1 aromatic heterocycles. The predicted molar refractivity (Wildman–Crippen MR) is 99.1 cm³/mol. The van der Waals surface area contributed by atoms with Crippen LogP contribution in [0.2, 0.25) is 5.02 Å². The third-order valence-corrected chi connectivity index (χ3v) is 4.80. The van der Waals surface area contributed by atoms with Gasteiger partial charge in [0, 0.05) is 13.1 Å². The van der Waals surface area contributed by atoms with E-state index in [-0.39, 0.29) is 12.5 Å². The van der Waals surface area contributed by atoms with Crippen LogP contribution >= 0.6 is 11.6 Å². The summed E-state index contributed by atoms with van der Waals surface area (Å²) in [5.41, 5.74) is 2.17. The number of hydrogen-bond donors (Lipinski definition) is 0. The lowest BCUT2D eigenvalue weighted by atomic mass is 10.00. The van der Waals surface area contributed by atoms with E-state index in [9.17, 15) is 4.79 Å². The number of nitrogens with zero attached hydrogens (tertiary/aromatic N) is 2. The molecule has 0 N–H and O–H groups in total. The number of hydrogen-bond acceptors (Lipinski definition) is 3. The lowest BCUT2D eigenvalue weighted by Gasteiger charge is -2.30. The van der Waals surface area contributed by atoms with Crippen LogP contribution in [-0.4, -0.2) is 28.9 Å². The molecule has 0 saturated carbocycles. The molecule has 1 unspecified atom stereocenters. The molecule has 3 rings (SSSR count). The molecule has 132 valence electrons. The third-order valence-electron chi connectivity index (χ3n) is 4.50. The molecule has 1 atom stereocenters. The summed E-state index contributed by atoms with van der Waals surface area (Å²) in [6, 6.07) is 11.1. The summed E-state index contributed by atoms with van der Waals surface area (Å²) in [7, 11) is 0. The highest BCUT2D eigenvalue weighted by molar-refractivity contribution is 6.32. The van der Waals surface area contributed by atoms with Crippen molar-refractivity contribution >= 4 is 17.5 Å². The number of piperidine rings is 1. The van der Waals surface area contributed by atoms with Crippen LogP contribution in [0.5, 0.6) is 5.75 Å². The molecule has 1 amide bonds. The maximum Gasteiger partial charge on any atom is 0.272 e. The van der Waals surface area contributed by atoms with E-state index < -0.39 is 0 Å². The number of aryl methyl sites for hydroxylation is 1. The normalized spacial score (nSPS) is 17.4. The number of carbonyl (C=O) groups excluding carboxylic acids is 1. The van der Waals surface area contributed by atoms with E-state index in [2.05, 4.69) is 11.9 Å². The van der Waals surface area contributed by atoms with E-state index in [1.54, 1.807) is 12.1 Å². The van der Waals surface area contributed by atoms with E-state index in [0.717, 1.165) is 30.8 Å². The Hall–Kier alpha value is -2.07. The highest BCUT2D eigenvalue weighted by Gasteiger charge is 2.23. The molecular formula is C20H23ClN2O2. The first-order valence-corrected chi connectivity index (χ1v) is 9.05. The zero-order chi connectivity index (χ0) is 17.8. The summed E-state index contributed by atoms with van der Waals surface area (Å²) >= 11 is 6.19. The fourth-order valence-electron chi connectivity index (χ4n) is 3.16. The highest BCUT2D eigenvalue weighted by Crippen LogP contribution is 2.28. The van der Waals surface area contributed by atoms with Crippen LogP contribution < -0.4 is 4.74 Å².